The predicted molar refractivity (Wildman–Crippen MR) is 135 cm³/mol. The van der Waals surface area contributed by atoms with E-state index in [0.29, 0.717) is 33.9 Å². The molecule has 0 amide bonds. The lowest BCUT2D eigenvalue weighted by atomic mass is 10.0. The van der Waals surface area contributed by atoms with Crippen LogP contribution in [0.25, 0.3) is 45.0 Å². The van der Waals surface area contributed by atoms with Crippen LogP contribution in [0.3, 0.4) is 0 Å². The zero-order chi connectivity index (χ0) is 25.1. The molecule has 5 rings (SSSR count). The van der Waals surface area contributed by atoms with Crippen molar-refractivity contribution in [3.63, 3.8) is 0 Å². The van der Waals surface area contributed by atoms with Gasteiger partial charge < -0.3 is 10.2 Å². The Morgan fingerprint density at radius 3 is 1.25 bits per heavy atom. The number of hydrogen-bond acceptors (Lipinski definition) is 5. The van der Waals surface area contributed by atoms with Crippen LogP contribution in [-0.2, 0) is 0 Å². The number of carboxylic acids is 2. The van der Waals surface area contributed by atoms with Crippen molar-refractivity contribution in [3.05, 3.63) is 115 Å². The average molecular weight is 473 g/mol. The molecule has 0 bridgehead atoms. The number of rotatable bonds is 6. The minimum Gasteiger partial charge on any atom is -0.477 e. The van der Waals surface area contributed by atoms with Gasteiger partial charge >= 0.3 is 11.9 Å². The van der Waals surface area contributed by atoms with Crippen LogP contribution >= 0.6 is 0 Å². The Balaban J connectivity index is 1.63. The van der Waals surface area contributed by atoms with Gasteiger partial charge in [0.25, 0.3) is 0 Å². The summed E-state index contributed by atoms with van der Waals surface area (Å²) in [6, 6.07) is 30.7. The van der Waals surface area contributed by atoms with E-state index in [1.54, 1.807) is 30.3 Å². The SMILES string of the molecule is O=C(O)c1cc(-c2ccccc2)cc(-c2cccc(-c3cc(-c4ccccc4)cc(C(=O)O)n3)n2)n1. The Morgan fingerprint density at radius 1 is 0.444 bits per heavy atom. The maximum Gasteiger partial charge on any atom is 0.354 e. The Bertz CT molecular complexity index is 1470. The normalized spacial score (nSPS) is 10.7. The molecule has 0 aliphatic carbocycles. The molecule has 0 radical (unpaired) electrons. The largest absolute Gasteiger partial charge is 0.477 e. The van der Waals surface area contributed by atoms with Crippen LogP contribution in [0.15, 0.2) is 103 Å². The number of hydrogen-bond donors (Lipinski definition) is 2. The van der Waals surface area contributed by atoms with Crippen LogP contribution in [0.1, 0.15) is 21.0 Å². The van der Waals surface area contributed by atoms with Crippen LogP contribution in [0, 0.1) is 0 Å². The molecule has 0 unspecified atom stereocenters. The molecular formula is C29H19N3O4. The highest BCUT2D eigenvalue weighted by Gasteiger charge is 2.15. The van der Waals surface area contributed by atoms with Gasteiger partial charge in [0.05, 0.1) is 22.8 Å². The zero-order valence-electron chi connectivity index (χ0n) is 18.9. The van der Waals surface area contributed by atoms with E-state index in [0.717, 1.165) is 11.1 Å². The Kier molecular flexibility index (Phi) is 6.03. The molecule has 0 fully saturated rings. The number of aromatic nitrogens is 3. The van der Waals surface area contributed by atoms with Crippen molar-refractivity contribution in [2.24, 2.45) is 0 Å². The van der Waals surface area contributed by atoms with Gasteiger partial charge in [0.1, 0.15) is 11.4 Å². The van der Waals surface area contributed by atoms with Crippen molar-refractivity contribution < 1.29 is 19.8 Å². The van der Waals surface area contributed by atoms with Crippen LogP contribution in [0.2, 0.25) is 0 Å². The molecular weight excluding hydrogens is 454 g/mol. The van der Waals surface area contributed by atoms with Crippen LogP contribution in [0.5, 0.6) is 0 Å². The van der Waals surface area contributed by atoms with Crippen molar-refractivity contribution in [3.8, 4) is 45.0 Å². The third kappa shape index (κ3) is 4.71. The molecule has 0 aliphatic heterocycles. The number of carboxylic acid groups (broad SMARTS) is 2. The smallest absolute Gasteiger partial charge is 0.354 e. The van der Waals surface area contributed by atoms with Crippen molar-refractivity contribution >= 4 is 11.9 Å². The molecule has 2 N–H and O–H groups in total. The second kappa shape index (κ2) is 9.60. The van der Waals surface area contributed by atoms with Gasteiger partial charge in [-0.1, -0.05) is 66.7 Å². The van der Waals surface area contributed by atoms with Crippen LogP contribution in [-0.4, -0.2) is 37.1 Å². The van der Waals surface area contributed by atoms with Gasteiger partial charge in [0.15, 0.2) is 0 Å². The fourth-order valence-electron chi connectivity index (χ4n) is 3.86. The first-order chi connectivity index (χ1) is 17.5. The summed E-state index contributed by atoms with van der Waals surface area (Å²) in [5, 5.41) is 19.3. The average Bonchev–Trinajstić information content (AvgIpc) is 2.93. The lowest BCUT2D eigenvalue weighted by molar-refractivity contribution is 0.0680. The van der Waals surface area contributed by atoms with E-state index in [1.807, 2.05) is 60.7 Å². The minimum atomic E-state index is -1.14. The van der Waals surface area contributed by atoms with E-state index in [2.05, 4.69) is 15.0 Å². The number of carbonyl (C=O) groups is 2. The second-order valence-corrected chi connectivity index (χ2v) is 8.00. The number of pyridine rings is 3. The van der Waals surface area contributed by atoms with Crippen LogP contribution in [0.4, 0.5) is 0 Å². The molecule has 7 nitrogen and oxygen atoms in total. The van der Waals surface area contributed by atoms with E-state index in [1.165, 1.54) is 12.1 Å². The Labute approximate surface area is 206 Å². The standard InChI is InChI=1S/C29H19N3O4/c33-28(34)26-16-20(18-8-3-1-4-9-18)14-24(31-26)22-12-7-13-23(30-22)25-15-21(17-27(32-25)29(35)36)19-10-5-2-6-11-19/h1-17H,(H,33,34)(H,35,36). The van der Waals surface area contributed by atoms with E-state index in [4.69, 9.17) is 0 Å². The fraction of sp³-hybridized carbons (Fsp3) is 0. The molecule has 174 valence electrons. The maximum atomic E-state index is 11.8. The molecule has 5 aromatic rings. The monoisotopic (exact) mass is 473 g/mol. The third-order valence-electron chi connectivity index (χ3n) is 5.58. The molecule has 2 aromatic carbocycles. The third-order valence-corrected chi connectivity index (χ3v) is 5.58. The van der Waals surface area contributed by atoms with Gasteiger partial charge in [-0.3, -0.25) is 0 Å². The summed E-state index contributed by atoms with van der Waals surface area (Å²) >= 11 is 0. The summed E-state index contributed by atoms with van der Waals surface area (Å²) in [5.41, 5.74) is 4.54. The molecule has 0 saturated heterocycles. The molecule has 0 saturated carbocycles. The molecule has 0 aliphatic rings. The molecule has 0 spiro atoms. The number of nitrogens with zero attached hydrogens (tertiary/aromatic N) is 3. The first kappa shape index (κ1) is 22.6. The van der Waals surface area contributed by atoms with Gasteiger partial charge in [-0.05, 0) is 58.7 Å². The van der Waals surface area contributed by atoms with Gasteiger partial charge in [-0.2, -0.15) is 0 Å². The summed E-state index contributed by atoms with van der Waals surface area (Å²) in [7, 11) is 0. The summed E-state index contributed by atoms with van der Waals surface area (Å²) in [4.78, 5) is 36.8. The molecule has 36 heavy (non-hydrogen) atoms. The van der Waals surface area contributed by atoms with Crippen molar-refractivity contribution in [1.82, 2.24) is 15.0 Å². The van der Waals surface area contributed by atoms with Gasteiger partial charge in [0.2, 0.25) is 0 Å². The van der Waals surface area contributed by atoms with E-state index >= 15 is 0 Å². The van der Waals surface area contributed by atoms with Crippen molar-refractivity contribution in [1.29, 1.82) is 0 Å². The van der Waals surface area contributed by atoms with E-state index in [-0.39, 0.29) is 11.4 Å². The minimum absolute atomic E-state index is 0.101. The topological polar surface area (TPSA) is 113 Å². The molecule has 3 aromatic heterocycles. The van der Waals surface area contributed by atoms with E-state index in [9.17, 15) is 19.8 Å². The van der Waals surface area contributed by atoms with E-state index < -0.39 is 11.9 Å². The van der Waals surface area contributed by atoms with Crippen molar-refractivity contribution in [2.75, 3.05) is 0 Å². The van der Waals surface area contributed by atoms with Gasteiger partial charge in [-0.25, -0.2) is 24.5 Å². The maximum absolute atomic E-state index is 11.8. The van der Waals surface area contributed by atoms with Gasteiger partial charge in [0, 0.05) is 0 Å². The number of benzene rings is 2. The summed E-state index contributed by atoms with van der Waals surface area (Å²) in [6.45, 7) is 0. The lowest BCUT2D eigenvalue weighted by Gasteiger charge is -2.10. The van der Waals surface area contributed by atoms with Gasteiger partial charge in [-0.15, -0.1) is 0 Å². The second-order valence-electron chi connectivity index (χ2n) is 8.00. The summed E-state index contributed by atoms with van der Waals surface area (Å²) in [6.07, 6.45) is 0. The first-order valence-electron chi connectivity index (χ1n) is 11.1. The quantitative estimate of drug-likeness (QED) is 0.314. The Morgan fingerprint density at radius 2 is 0.861 bits per heavy atom. The highest BCUT2D eigenvalue weighted by atomic mass is 16.4. The zero-order valence-corrected chi connectivity index (χ0v) is 18.9. The summed E-state index contributed by atoms with van der Waals surface area (Å²) in [5.74, 6) is -2.29. The molecule has 0 atom stereocenters. The highest BCUT2D eigenvalue weighted by molar-refractivity contribution is 5.89. The number of aromatic carboxylic acids is 2. The first-order valence-corrected chi connectivity index (χ1v) is 11.1. The fourth-order valence-corrected chi connectivity index (χ4v) is 3.86. The van der Waals surface area contributed by atoms with Crippen molar-refractivity contribution in [2.45, 2.75) is 0 Å². The van der Waals surface area contributed by atoms with Crippen LogP contribution < -0.4 is 0 Å². The lowest BCUT2D eigenvalue weighted by Crippen LogP contribution is -2.04. The summed E-state index contributed by atoms with van der Waals surface area (Å²) < 4.78 is 0. The molecule has 3 heterocycles. The predicted octanol–water partition coefficient (Wildman–Crippen LogP) is 5.94. The highest BCUT2D eigenvalue weighted by Crippen LogP contribution is 2.29. The molecule has 7 heteroatoms. The Hall–Kier alpha value is -5.17.